The van der Waals surface area contributed by atoms with Gasteiger partial charge in [-0.15, -0.1) is 23.5 Å². The molecule has 2 fully saturated rings. The molecule has 0 amide bonds. The number of carbonyl (C=O) groups excluding carboxylic acids is 1. The summed E-state index contributed by atoms with van der Waals surface area (Å²) in [7, 11) is 0. The van der Waals surface area contributed by atoms with Crippen molar-refractivity contribution in [1.29, 1.82) is 0 Å². The number of aliphatic hydroxyl groups is 1. The van der Waals surface area contributed by atoms with E-state index in [2.05, 4.69) is 6.92 Å². The Hall–Kier alpha value is 0.330. The Bertz CT molecular complexity index is 249. The van der Waals surface area contributed by atoms with Crippen molar-refractivity contribution < 1.29 is 9.90 Å². The minimum absolute atomic E-state index is 0.0897. The molecule has 4 heteroatoms. The summed E-state index contributed by atoms with van der Waals surface area (Å²) in [5.41, 5.74) is 0. The molecule has 1 aliphatic heterocycles. The van der Waals surface area contributed by atoms with Crippen LogP contribution in [0.1, 0.15) is 32.6 Å². The van der Waals surface area contributed by atoms with Gasteiger partial charge < -0.3 is 5.11 Å². The molecule has 1 saturated carbocycles. The lowest BCUT2D eigenvalue weighted by Gasteiger charge is -2.38. The molecule has 1 N–H and O–H groups in total. The lowest BCUT2D eigenvalue weighted by molar-refractivity contribution is -0.123. The fourth-order valence-corrected chi connectivity index (χ4v) is 5.44. The highest BCUT2D eigenvalue weighted by atomic mass is 32.2. The zero-order chi connectivity index (χ0) is 10.9. The summed E-state index contributed by atoms with van der Waals surface area (Å²) in [6.07, 6.45) is 3.29. The van der Waals surface area contributed by atoms with E-state index in [9.17, 15) is 9.90 Å². The van der Waals surface area contributed by atoms with E-state index in [1.807, 2.05) is 23.5 Å². The fourth-order valence-electron chi connectivity index (χ4n) is 2.36. The van der Waals surface area contributed by atoms with Gasteiger partial charge in [0.1, 0.15) is 5.78 Å². The summed E-state index contributed by atoms with van der Waals surface area (Å²) in [5, 5.41) is 10.3. The van der Waals surface area contributed by atoms with E-state index in [1.165, 1.54) is 6.42 Å². The summed E-state index contributed by atoms with van der Waals surface area (Å²) in [6, 6.07) is 0. The van der Waals surface area contributed by atoms with Crippen LogP contribution in [0.2, 0.25) is 0 Å². The SMILES string of the molecule is CC1([C@@H](O)[C@H]2CCCC2=O)SCCCS1. The highest BCUT2D eigenvalue weighted by Gasteiger charge is 2.44. The van der Waals surface area contributed by atoms with Crippen LogP contribution in [-0.2, 0) is 4.79 Å². The van der Waals surface area contributed by atoms with E-state index < -0.39 is 6.10 Å². The molecule has 0 unspecified atom stereocenters. The Balaban J connectivity index is 2.04. The van der Waals surface area contributed by atoms with Gasteiger partial charge in [0, 0.05) is 12.3 Å². The minimum atomic E-state index is -0.456. The Morgan fingerprint density at radius 1 is 1.40 bits per heavy atom. The maximum atomic E-state index is 11.6. The highest BCUT2D eigenvalue weighted by molar-refractivity contribution is 8.18. The van der Waals surface area contributed by atoms with E-state index >= 15 is 0 Å². The highest BCUT2D eigenvalue weighted by Crippen LogP contribution is 2.47. The Labute approximate surface area is 99.6 Å². The first kappa shape index (κ1) is 11.8. The quantitative estimate of drug-likeness (QED) is 0.811. The van der Waals surface area contributed by atoms with Gasteiger partial charge in [0.05, 0.1) is 10.2 Å². The van der Waals surface area contributed by atoms with Crippen LogP contribution in [0.15, 0.2) is 0 Å². The van der Waals surface area contributed by atoms with Crippen LogP contribution in [0.3, 0.4) is 0 Å². The van der Waals surface area contributed by atoms with E-state index in [1.54, 1.807) is 0 Å². The lowest BCUT2D eigenvalue weighted by atomic mass is 9.97. The summed E-state index contributed by atoms with van der Waals surface area (Å²) < 4.78 is -0.150. The van der Waals surface area contributed by atoms with Crippen molar-refractivity contribution in [2.75, 3.05) is 11.5 Å². The molecule has 86 valence electrons. The third-order valence-electron chi connectivity index (χ3n) is 3.34. The second-order valence-corrected chi connectivity index (χ2v) is 7.82. The van der Waals surface area contributed by atoms with E-state index in [0.717, 1.165) is 24.3 Å². The molecular weight excluding hydrogens is 228 g/mol. The summed E-state index contributed by atoms with van der Waals surface area (Å²) in [6.45, 7) is 2.10. The number of hydrogen-bond donors (Lipinski definition) is 1. The number of thioether (sulfide) groups is 2. The largest absolute Gasteiger partial charge is 0.390 e. The predicted octanol–water partition coefficient (Wildman–Crippen LogP) is 2.30. The maximum absolute atomic E-state index is 11.6. The molecule has 1 heterocycles. The van der Waals surface area contributed by atoms with Crippen LogP contribution >= 0.6 is 23.5 Å². The van der Waals surface area contributed by atoms with Gasteiger partial charge in [-0.25, -0.2) is 0 Å². The average molecular weight is 246 g/mol. The molecule has 0 bridgehead atoms. The minimum Gasteiger partial charge on any atom is -0.390 e. The monoisotopic (exact) mass is 246 g/mol. The van der Waals surface area contributed by atoms with Gasteiger partial charge in [0.25, 0.3) is 0 Å². The fraction of sp³-hybridized carbons (Fsp3) is 0.909. The van der Waals surface area contributed by atoms with Crippen molar-refractivity contribution >= 4 is 29.3 Å². The molecule has 1 aliphatic carbocycles. The summed E-state index contributed by atoms with van der Waals surface area (Å²) in [4.78, 5) is 11.6. The van der Waals surface area contributed by atoms with Gasteiger partial charge in [-0.3, -0.25) is 4.79 Å². The van der Waals surface area contributed by atoms with Crippen molar-refractivity contribution in [3.63, 3.8) is 0 Å². The molecule has 1 saturated heterocycles. The molecule has 0 aromatic rings. The van der Waals surface area contributed by atoms with Crippen molar-refractivity contribution in [3.05, 3.63) is 0 Å². The third-order valence-corrected chi connectivity index (χ3v) is 6.66. The molecule has 2 nitrogen and oxygen atoms in total. The van der Waals surface area contributed by atoms with Crippen molar-refractivity contribution in [1.82, 2.24) is 0 Å². The number of Topliss-reactive ketones (excluding diaryl/α,β-unsaturated/α-hetero) is 1. The standard InChI is InChI=1S/C11H18O2S2/c1-11(14-6-3-7-15-11)10(13)8-4-2-5-9(8)12/h8,10,13H,2-7H2,1H3/t8-,10-/m0/s1. The summed E-state index contributed by atoms with van der Waals surface area (Å²) in [5.74, 6) is 2.41. The van der Waals surface area contributed by atoms with E-state index in [-0.39, 0.29) is 15.8 Å². The van der Waals surface area contributed by atoms with Crippen molar-refractivity contribution in [2.45, 2.75) is 42.8 Å². The lowest BCUT2D eigenvalue weighted by Crippen LogP contribution is -2.42. The van der Waals surface area contributed by atoms with Gasteiger partial charge in [-0.2, -0.15) is 0 Å². The molecular formula is C11H18O2S2. The van der Waals surface area contributed by atoms with Crippen LogP contribution < -0.4 is 0 Å². The van der Waals surface area contributed by atoms with Crippen molar-refractivity contribution in [3.8, 4) is 0 Å². The zero-order valence-corrected chi connectivity index (χ0v) is 10.7. The zero-order valence-electron chi connectivity index (χ0n) is 9.07. The molecule has 15 heavy (non-hydrogen) atoms. The average Bonchev–Trinajstić information content (AvgIpc) is 2.64. The number of carbonyl (C=O) groups is 1. The normalized spacial score (nSPS) is 32.9. The van der Waals surface area contributed by atoms with Gasteiger partial charge in [-0.05, 0) is 37.7 Å². The van der Waals surface area contributed by atoms with Gasteiger partial charge in [0.2, 0.25) is 0 Å². The molecule has 2 rings (SSSR count). The van der Waals surface area contributed by atoms with Crippen LogP contribution in [0.5, 0.6) is 0 Å². The van der Waals surface area contributed by atoms with Gasteiger partial charge in [-0.1, -0.05) is 0 Å². The van der Waals surface area contributed by atoms with Gasteiger partial charge >= 0.3 is 0 Å². The molecule has 0 aromatic carbocycles. The number of ketones is 1. The molecule has 2 atom stereocenters. The Kier molecular flexibility index (Phi) is 3.68. The first-order valence-corrected chi connectivity index (χ1v) is 7.59. The Morgan fingerprint density at radius 3 is 2.60 bits per heavy atom. The summed E-state index contributed by atoms with van der Waals surface area (Å²) >= 11 is 3.65. The second kappa shape index (κ2) is 4.68. The number of aliphatic hydroxyl groups excluding tert-OH is 1. The first-order valence-electron chi connectivity index (χ1n) is 5.62. The van der Waals surface area contributed by atoms with Crippen LogP contribution in [-0.4, -0.2) is 32.6 Å². The number of rotatable bonds is 2. The van der Waals surface area contributed by atoms with Crippen LogP contribution in [0.25, 0.3) is 0 Å². The molecule has 2 aliphatic rings. The third kappa shape index (κ3) is 2.37. The van der Waals surface area contributed by atoms with E-state index in [4.69, 9.17) is 0 Å². The van der Waals surface area contributed by atoms with E-state index in [0.29, 0.717) is 6.42 Å². The van der Waals surface area contributed by atoms with Gasteiger partial charge in [0.15, 0.2) is 0 Å². The maximum Gasteiger partial charge on any atom is 0.138 e. The topological polar surface area (TPSA) is 37.3 Å². The van der Waals surface area contributed by atoms with Crippen LogP contribution in [0.4, 0.5) is 0 Å². The molecule has 0 spiro atoms. The predicted molar refractivity (Wildman–Crippen MR) is 66.3 cm³/mol. The smallest absolute Gasteiger partial charge is 0.138 e. The van der Waals surface area contributed by atoms with Crippen molar-refractivity contribution in [2.24, 2.45) is 5.92 Å². The molecule has 0 radical (unpaired) electrons. The molecule has 0 aromatic heterocycles. The Morgan fingerprint density at radius 2 is 2.07 bits per heavy atom. The van der Waals surface area contributed by atoms with Crippen LogP contribution in [0, 0.1) is 5.92 Å². The second-order valence-electron chi connectivity index (χ2n) is 4.48. The first-order chi connectivity index (χ1) is 7.13. The number of hydrogen-bond acceptors (Lipinski definition) is 4.